The molecule has 0 aromatic heterocycles. The second-order valence-electron chi connectivity index (χ2n) is 4.44. The maximum absolute atomic E-state index is 12.1. The van der Waals surface area contributed by atoms with Crippen LogP contribution in [0.2, 0.25) is 0 Å². The third-order valence-electron chi connectivity index (χ3n) is 2.82. The number of carbonyl (C=O) groups is 2. The third kappa shape index (κ3) is 4.57. The minimum Gasteiger partial charge on any atom is -0.478 e. The number of carboxylic acid groups (broad SMARTS) is 1. The van der Waals surface area contributed by atoms with Crippen molar-refractivity contribution in [2.24, 2.45) is 11.7 Å². The molecule has 1 aromatic rings. The standard InChI is InChI=1S/C13H16Br2N2O3/c1-7(3-2-4-16)12(18)17-11-9(13(19)20)5-8(14)6-10(11)15/h5-7H,2-4,16H2,1H3,(H,17,18)(H,19,20). The summed E-state index contributed by atoms with van der Waals surface area (Å²) in [7, 11) is 0. The van der Waals surface area contributed by atoms with Gasteiger partial charge >= 0.3 is 5.97 Å². The highest BCUT2D eigenvalue weighted by Crippen LogP contribution is 2.31. The minimum atomic E-state index is -1.10. The summed E-state index contributed by atoms with van der Waals surface area (Å²) >= 11 is 6.49. The molecular formula is C13H16Br2N2O3. The molecule has 0 saturated heterocycles. The van der Waals surface area contributed by atoms with Crippen molar-refractivity contribution in [3.05, 3.63) is 26.6 Å². The van der Waals surface area contributed by atoms with Crippen molar-refractivity contribution in [1.29, 1.82) is 0 Å². The van der Waals surface area contributed by atoms with Crippen LogP contribution in [0.25, 0.3) is 0 Å². The van der Waals surface area contributed by atoms with Crippen molar-refractivity contribution in [3.8, 4) is 0 Å². The monoisotopic (exact) mass is 406 g/mol. The van der Waals surface area contributed by atoms with E-state index in [0.29, 0.717) is 21.9 Å². The molecule has 0 spiro atoms. The lowest BCUT2D eigenvalue weighted by molar-refractivity contribution is -0.119. The van der Waals surface area contributed by atoms with Gasteiger partial charge in [-0.25, -0.2) is 4.79 Å². The van der Waals surface area contributed by atoms with Gasteiger partial charge in [0.25, 0.3) is 0 Å². The Morgan fingerprint density at radius 2 is 2.05 bits per heavy atom. The molecule has 0 bridgehead atoms. The van der Waals surface area contributed by atoms with Gasteiger partial charge in [-0.05, 0) is 47.4 Å². The fraction of sp³-hybridized carbons (Fsp3) is 0.385. The van der Waals surface area contributed by atoms with Crippen LogP contribution in [0.4, 0.5) is 5.69 Å². The van der Waals surface area contributed by atoms with E-state index in [1.807, 2.05) is 0 Å². The van der Waals surface area contributed by atoms with E-state index in [1.165, 1.54) is 6.07 Å². The van der Waals surface area contributed by atoms with Crippen molar-refractivity contribution in [3.63, 3.8) is 0 Å². The Balaban J connectivity index is 2.97. The van der Waals surface area contributed by atoms with Gasteiger partial charge < -0.3 is 16.2 Å². The fourth-order valence-electron chi connectivity index (χ4n) is 1.67. The lowest BCUT2D eigenvalue weighted by Crippen LogP contribution is -2.22. The van der Waals surface area contributed by atoms with E-state index in [2.05, 4.69) is 37.2 Å². The molecule has 1 rings (SSSR count). The van der Waals surface area contributed by atoms with Crippen molar-refractivity contribution in [2.75, 3.05) is 11.9 Å². The van der Waals surface area contributed by atoms with Crippen LogP contribution in [0.5, 0.6) is 0 Å². The molecule has 20 heavy (non-hydrogen) atoms. The molecule has 4 N–H and O–H groups in total. The number of carbonyl (C=O) groups excluding carboxylic acids is 1. The molecule has 0 heterocycles. The maximum Gasteiger partial charge on any atom is 0.337 e. The lowest BCUT2D eigenvalue weighted by Gasteiger charge is -2.15. The van der Waals surface area contributed by atoms with E-state index in [9.17, 15) is 14.7 Å². The Morgan fingerprint density at radius 3 is 2.60 bits per heavy atom. The zero-order chi connectivity index (χ0) is 15.3. The molecule has 1 amide bonds. The highest BCUT2D eigenvalue weighted by molar-refractivity contribution is 9.11. The molecule has 1 unspecified atom stereocenters. The van der Waals surface area contributed by atoms with Gasteiger partial charge in [0.1, 0.15) is 0 Å². The summed E-state index contributed by atoms with van der Waals surface area (Å²) in [5.41, 5.74) is 5.71. The van der Waals surface area contributed by atoms with Crippen LogP contribution in [0.15, 0.2) is 21.1 Å². The topological polar surface area (TPSA) is 92.4 Å². The Morgan fingerprint density at radius 1 is 1.40 bits per heavy atom. The van der Waals surface area contributed by atoms with Crippen LogP contribution in [0.3, 0.4) is 0 Å². The summed E-state index contributed by atoms with van der Waals surface area (Å²) in [5.74, 6) is -1.54. The maximum atomic E-state index is 12.1. The first-order chi connectivity index (χ1) is 9.36. The number of benzene rings is 1. The smallest absolute Gasteiger partial charge is 0.337 e. The number of halogens is 2. The largest absolute Gasteiger partial charge is 0.478 e. The van der Waals surface area contributed by atoms with Crippen molar-refractivity contribution in [1.82, 2.24) is 0 Å². The summed E-state index contributed by atoms with van der Waals surface area (Å²) in [6.07, 6.45) is 1.42. The van der Waals surface area contributed by atoms with Gasteiger partial charge in [0.15, 0.2) is 0 Å². The van der Waals surface area contributed by atoms with Gasteiger partial charge in [-0.2, -0.15) is 0 Å². The average molecular weight is 408 g/mol. The molecule has 1 aromatic carbocycles. The fourth-order valence-corrected chi connectivity index (χ4v) is 3.00. The van der Waals surface area contributed by atoms with Gasteiger partial charge in [0.05, 0.1) is 11.3 Å². The number of anilines is 1. The number of hydrogen-bond donors (Lipinski definition) is 3. The molecule has 110 valence electrons. The molecular weight excluding hydrogens is 392 g/mol. The molecule has 7 heteroatoms. The third-order valence-corrected chi connectivity index (χ3v) is 3.91. The zero-order valence-electron chi connectivity index (χ0n) is 11.0. The van der Waals surface area contributed by atoms with Gasteiger partial charge in [-0.3, -0.25) is 4.79 Å². The number of nitrogens with two attached hydrogens (primary N) is 1. The molecule has 0 radical (unpaired) electrons. The van der Waals surface area contributed by atoms with Crippen LogP contribution >= 0.6 is 31.9 Å². The molecule has 0 saturated carbocycles. The van der Waals surface area contributed by atoms with E-state index in [4.69, 9.17) is 5.73 Å². The second kappa shape index (κ2) is 7.75. The molecule has 0 fully saturated rings. The Bertz CT molecular complexity index is 521. The summed E-state index contributed by atoms with van der Waals surface area (Å²) < 4.78 is 1.14. The molecule has 0 aliphatic heterocycles. The number of rotatable bonds is 6. The van der Waals surface area contributed by atoms with Crippen LogP contribution in [-0.4, -0.2) is 23.5 Å². The van der Waals surface area contributed by atoms with Gasteiger partial charge in [0, 0.05) is 14.9 Å². The zero-order valence-corrected chi connectivity index (χ0v) is 14.1. The Kier molecular flexibility index (Phi) is 6.64. The predicted molar refractivity (Wildman–Crippen MR) is 84.9 cm³/mol. The first-order valence-corrected chi connectivity index (χ1v) is 7.68. The Labute approximate surface area is 134 Å². The highest BCUT2D eigenvalue weighted by atomic mass is 79.9. The number of carboxylic acids is 1. The normalized spacial score (nSPS) is 12.0. The number of amides is 1. The number of hydrogen-bond acceptors (Lipinski definition) is 3. The van der Waals surface area contributed by atoms with E-state index in [1.54, 1.807) is 13.0 Å². The van der Waals surface area contributed by atoms with E-state index >= 15 is 0 Å². The quantitative estimate of drug-likeness (QED) is 0.674. The summed E-state index contributed by atoms with van der Waals surface area (Å²) in [5, 5.41) is 11.9. The number of aromatic carboxylic acids is 1. The van der Waals surface area contributed by atoms with Gasteiger partial charge in [-0.1, -0.05) is 22.9 Å². The molecule has 0 aliphatic carbocycles. The Hall–Kier alpha value is -0.920. The van der Waals surface area contributed by atoms with E-state index in [-0.39, 0.29) is 23.1 Å². The number of nitrogens with one attached hydrogen (secondary N) is 1. The van der Waals surface area contributed by atoms with Crippen LogP contribution in [-0.2, 0) is 4.79 Å². The highest BCUT2D eigenvalue weighted by Gasteiger charge is 2.19. The lowest BCUT2D eigenvalue weighted by atomic mass is 10.0. The molecule has 5 nitrogen and oxygen atoms in total. The minimum absolute atomic E-state index is 0.0330. The van der Waals surface area contributed by atoms with Crippen LogP contribution < -0.4 is 11.1 Å². The van der Waals surface area contributed by atoms with Crippen LogP contribution in [0, 0.1) is 5.92 Å². The predicted octanol–water partition coefficient (Wildman–Crippen LogP) is 3.22. The average Bonchev–Trinajstić information content (AvgIpc) is 2.38. The van der Waals surface area contributed by atoms with E-state index < -0.39 is 5.97 Å². The van der Waals surface area contributed by atoms with Crippen molar-refractivity contribution in [2.45, 2.75) is 19.8 Å². The van der Waals surface area contributed by atoms with Crippen LogP contribution in [0.1, 0.15) is 30.1 Å². The summed E-state index contributed by atoms with van der Waals surface area (Å²) in [4.78, 5) is 23.3. The molecule has 0 aliphatic rings. The first-order valence-electron chi connectivity index (χ1n) is 6.10. The van der Waals surface area contributed by atoms with E-state index in [0.717, 1.165) is 6.42 Å². The summed E-state index contributed by atoms with van der Waals surface area (Å²) in [6, 6.07) is 3.14. The van der Waals surface area contributed by atoms with Gasteiger partial charge in [-0.15, -0.1) is 0 Å². The second-order valence-corrected chi connectivity index (χ2v) is 6.21. The first kappa shape index (κ1) is 17.1. The van der Waals surface area contributed by atoms with Crippen molar-refractivity contribution < 1.29 is 14.7 Å². The summed E-state index contributed by atoms with van der Waals surface area (Å²) in [6.45, 7) is 2.32. The van der Waals surface area contributed by atoms with Gasteiger partial charge in [0.2, 0.25) is 5.91 Å². The SMILES string of the molecule is CC(CCCN)C(=O)Nc1c(Br)cc(Br)cc1C(=O)O. The van der Waals surface area contributed by atoms with Crippen molar-refractivity contribution >= 4 is 49.4 Å². The molecule has 1 atom stereocenters.